The Morgan fingerprint density at radius 3 is 2.47 bits per heavy atom. The molecule has 0 bridgehead atoms. The van der Waals surface area contributed by atoms with Crippen LogP contribution in [0.15, 0.2) is 24.3 Å². The fraction of sp³-hybridized carbons (Fsp3) is 0.417. The second-order valence-electron chi connectivity index (χ2n) is 3.49. The number of Topliss-reactive ketones (excluding diaryl/α,β-unsaturated/α-hetero) is 1. The molecular formula is C12H17NO2. The van der Waals surface area contributed by atoms with Crippen LogP contribution in [0.3, 0.4) is 0 Å². The number of likely N-dealkylation sites (N-methyl/N-ethyl adjacent to an activating group) is 1. The number of hydrogen-bond acceptors (Lipinski definition) is 3. The van der Waals surface area contributed by atoms with Crippen molar-refractivity contribution in [3.8, 4) is 0 Å². The van der Waals surface area contributed by atoms with Crippen molar-refractivity contribution in [3.05, 3.63) is 35.4 Å². The third kappa shape index (κ3) is 3.15. The molecule has 1 aromatic rings. The monoisotopic (exact) mass is 207 g/mol. The molecule has 0 radical (unpaired) electrons. The van der Waals surface area contributed by atoms with Gasteiger partial charge >= 0.3 is 0 Å². The number of hydrogen-bond donors (Lipinski definition) is 2. The van der Waals surface area contributed by atoms with Crippen LogP contribution in [0.4, 0.5) is 0 Å². The Kier molecular flexibility index (Phi) is 4.46. The maximum absolute atomic E-state index is 11.6. The number of ketones is 1. The molecule has 2 N–H and O–H groups in total. The largest absolute Gasteiger partial charge is 0.384 e. The molecule has 0 aliphatic rings. The van der Waals surface area contributed by atoms with Gasteiger partial charge in [-0.05, 0) is 19.0 Å². The molecule has 0 aromatic heterocycles. The molecule has 0 amide bonds. The van der Waals surface area contributed by atoms with Crippen LogP contribution in [-0.2, 0) is 6.42 Å². The highest BCUT2D eigenvalue weighted by atomic mass is 16.3. The van der Waals surface area contributed by atoms with E-state index in [-0.39, 0.29) is 12.3 Å². The lowest BCUT2D eigenvalue weighted by Gasteiger charge is -2.08. The summed E-state index contributed by atoms with van der Waals surface area (Å²) in [4.78, 5) is 11.6. The Morgan fingerprint density at radius 2 is 2.00 bits per heavy atom. The van der Waals surface area contributed by atoms with E-state index < -0.39 is 6.10 Å². The first-order chi connectivity index (χ1) is 7.19. The van der Waals surface area contributed by atoms with Crippen molar-refractivity contribution in [2.75, 3.05) is 13.6 Å². The first kappa shape index (κ1) is 11.9. The van der Waals surface area contributed by atoms with Gasteiger partial charge in [-0.25, -0.2) is 0 Å². The summed E-state index contributed by atoms with van der Waals surface area (Å²) in [6, 6.07) is 7.36. The Balaban J connectivity index is 2.73. The molecule has 1 unspecified atom stereocenters. The van der Waals surface area contributed by atoms with Gasteiger partial charge in [-0.2, -0.15) is 0 Å². The third-order valence-electron chi connectivity index (χ3n) is 2.35. The summed E-state index contributed by atoms with van der Waals surface area (Å²) in [5.41, 5.74) is 1.75. The van der Waals surface area contributed by atoms with Crippen molar-refractivity contribution in [3.63, 3.8) is 0 Å². The van der Waals surface area contributed by atoms with E-state index in [1.54, 1.807) is 19.2 Å². The van der Waals surface area contributed by atoms with Gasteiger partial charge in [0.2, 0.25) is 0 Å². The molecule has 15 heavy (non-hydrogen) atoms. The van der Waals surface area contributed by atoms with E-state index in [1.165, 1.54) is 5.56 Å². The van der Waals surface area contributed by atoms with Crippen molar-refractivity contribution < 1.29 is 9.90 Å². The Morgan fingerprint density at radius 1 is 1.40 bits per heavy atom. The maximum atomic E-state index is 11.6. The van der Waals surface area contributed by atoms with E-state index in [1.807, 2.05) is 12.1 Å². The van der Waals surface area contributed by atoms with Crippen LogP contribution in [0.25, 0.3) is 0 Å². The van der Waals surface area contributed by atoms with Crippen molar-refractivity contribution in [1.29, 1.82) is 0 Å². The fourth-order valence-electron chi connectivity index (χ4n) is 1.38. The molecule has 1 rings (SSSR count). The number of nitrogens with one attached hydrogen (secondary N) is 1. The minimum atomic E-state index is -0.956. The van der Waals surface area contributed by atoms with Crippen LogP contribution in [-0.4, -0.2) is 30.6 Å². The van der Waals surface area contributed by atoms with Gasteiger partial charge in [0.15, 0.2) is 5.78 Å². The summed E-state index contributed by atoms with van der Waals surface area (Å²) in [5, 5.41) is 12.3. The molecule has 0 aliphatic carbocycles. The Bertz CT molecular complexity index is 319. The lowest BCUT2D eigenvalue weighted by molar-refractivity contribution is 0.0750. The molecule has 0 heterocycles. The summed E-state index contributed by atoms with van der Waals surface area (Å²) in [7, 11) is 1.71. The third-order valence-corrected chi connectivity index (χ3v) is 2.35. The zero-order valence-corrected chi connectivity index (χ0v) is 9.16. The SMILES string of the molecule is CCc1ccc(C(=O)C(O)CNC)cc1. The zero-order chi connectivity index (χ0) is 11.3. The van der Waals surface area contributed by atoms with Gasteiger partial charge in [0, 0.05) is 12.1 Å². The van der Waals surface area contributed by atoms with E-state index in [2.05, 4.69) is 12.2 Å². The van der Waals surface area contributed by atoms with E-state index in [0.29, 0.717) is 5.56 Å². The van der Waals surface area contributed by atoms with Crippen LogP contribution in [0.2, 0.25) is 0 Å². The van der Waals surface area contributed by atoms with E-state index >= 15 is 0 Å². The number of benzene rings is 1. The first-order valence-electron chi connectivity index (χ1n) is 5.14. The molecule has 1 atom stereocenters. The van der Waals surface area contributed by atoms with Crippen LogP contribution in [0.1, 0.15) is 22.8 Å². The molecule has 3 heteroatoms. The quantitative estimate of drug-likeness (QED) is 0.708. The molecule has 0 aliphatic heterocycles. The zero-order valence-electron chi connectivity index (χ0n) is 9.16. The van der Waals surface area contributed by atoms with Crippen LogP contribution >= 0.6 is 0 Å². The second-order valence-corrected chi connectivity index (χ2v) is 3.49. The van der Waals surface area contributed by atoms with Crippen molar-refractivity contribution in [2.45, 2.75) is 19.4 Å². The predicted molar refractivity (Wildman–Crippen MR) is 60.1 cm³/mol. The molecule has 0 fully saturated rings. The smallest absolute Gasteiger partial charge is 0.192 e. The molecule has 0 spiro atoms. The molecule has 82 valence electrons. The number of aliphatic hydroxyl groups excluding tert-OH is 1. The molecular weight excluding hydrogens is 190 g/mol. The Hall–Kier alpha value is -1.19. The fourth-order valence-corrected chi connectivity index (χ4v) is 1.38. The number of aliphatic hydroxyl groups is 1. The average molecular weight is 207 g/mol. The lowest BCUT2D eigenvalue weighted by Crippen LogP contribution is -2.31. The summed E-state index contributed by atoms with van der Waals surface area (Å²) >= 11 is 0. The lowest BCUT2D eigenvalue weighted by atomic mass is 10.0. The summed E-state index contributed by atoms with van der Waals surface area (Å²) in [5.74, 6) is -0.230. The minimum absolute atomic E-state index is 0.230. The standard InChI is InChI=1S/C12H17NO2/c1-3-9-4-6-10(7-5-9)12(15)11(14)8-13-2/h4-7,11,13-14H,3,8H2,1-2H3. The summed E-state index contributed by atoms with van der Waals surface area (Å²) < 4.78 is 0. The highest BCUT2D eigenvalue weighted by molar-refractivity contribution is 5.99. The second kappa shape index (κ2) is 5.63. The molecule has 0 saturated carbocycles. The van der Waals surface area contributed by atoms with Crippen molar-refractivity contribution in [2.24, 2.45) is 0 Å². The van der Waals surface area contributed by atoms with Crippen LogP contribution in [0, 0.1) is 0 Å². The number of rotatable bonds is 5. The Labute approximate surface area is 90.1 Å². The minimum Gasteiger partial charge on any atom is -0.384 e. The maximum Gasteiger partial charge on any atom is 0.192 e. The van der Waals surface area contributed by atoms with Gasteiger partial charge in [-0.15, -0.1) is 0 Å². The summed E-state index contributed by atoms with van der Waals surface area (Å²) in [6.07, 6.45) is -0.00412. The van der Waals surface area contributed by atoms with Gasteiger partial charge in [0.25, 0.3) is 0 Å². The average Bonchev–Trinajstić information content (AvgIpc) is 2.28. The highest BCUT2D eigenvalue weighted by Crippen LogP contribution is 2.07. The van der Waals surface area contributed by atoms with Gasteiger partial charge in [0.05, 0.1) is 0 Å². The number of carbonyl (C=O) groups is 1. The highest BCUT2D eigenvalue weighted by Gasteiger charge is 2.15. The van der Waals surface area contributed by atoms with Crippen LogP contribution < -0.4 is 5.32 Å². The van der Waals surface area contributed by atoms with Gasteiger partial charge < -0.3 is 10.4 Å². The topological polar surface area (TPSA) is 49.3 Å². The van der Waals surface area contributed by atoms with Crippen molar-refractivity contribution >= 4 is 5.78 Å². The molecule has 3 nitrogen and oxygen atoms in total. The first-order valence-corrected chi connectivity index (χ1v) is 5.14. The summed E-state index contributed by atoms with van der Waals surface area (Å²) in [6.45, 7) is 2.35. The normalized spacial score (nSPS) is 12.5. The van der Waals surface area contributed by atoms with Gasteiger partial charge in [-0.3, -0.25) is 4.79 Å². The number of carbonyl (C=O) groups excluding carboxylic acids is 1. The van der Waals surface area contributed by atoms with E-state index in [4.69, 9.17) is 0 Å². The van der Waals surface area contributed by atoms with Gasteiger partial charge in [-0.1, -0.05) is 31.2 Å². The van der Waals surface area contributed by atoms with Gasteiger partial charge in [0.1, 0.15) is 6.10 Å². The predicted octanol–water partition coefficient (Wildman–Crippen LogP) is 1.01. The van der Waals surface area contributed by atoms with Crippen LogP contribution in [0.5, 0.6) is 0 Å². The molecule has 0 saturated heterocycles. The van der Waals surface area contributed by atoms with E-state index in [9.17, 15) is 9.90 Å². The number of aryl methyl sites for hydroxylation is 1. The van der Waals surface area contributed by atoms with Crippen molar-refractivity contribution in [1.82, 2.24) is 5.32 Å². The molecule has 1 aromatic carbocycles. The van der Waals surface area contributed by atoms with E-state index in [0.717, 1.165) is 6.42 Å².